The number of rotatable bonds is 3. The van der Waals surface area contributed by atoms with E-state index in [-0.39, 0.29) is 5.97 Å². The van der Waals surface area contributed by atoms with Gasteiger partial charge in [-0.25, -0.2) is 4.79 Å². The van der Waals surface area contributed by atoms with Crippen molar-refractivity contribution in [2.24, 2.45) is 0 Å². The van der Waals surface area contributed by atoms with Gasteiger partial charge in [0, 0.05) is 37.9 Å². The Balaban J connectivity index is 1.55. The van der Waals surface area contributed by atoms with Crippen LogP contribution in [0.25, 0.3) is 0 Å². The van der Waals surface area contributed by atoms with Crippen molar-refractivity contribution in [3.8, 4) is 0 Å². The van der Waals surface area contributed by atoms with E-state index in [4.69, 9.17) is 9.47 Å². The van der Waals surface area contributed by atoms with Gasteiger partial charge in [-0.05, 0) is 37.1 Å². The molecule has 0 aromatic heterocycles. The van der Waals surface area contributed by atoms with Gasteiger partial charge in [0.1, 0.15) is 0 Å². The first-order chi connectivity index (χ1) is 10.8. The molecule has 5 nitrogen and oxygen atoms in total. The minimum Gasteiger partial charge on any atom is -0.465 e. The number of esters is 1. The molecule has 2 aliphatic heterocycles. The summed E-state index contributed by atoms with van der Waals surface area (Å²) in [6, 6.07) is 8.40. The molecule has 0 atom stereocenters. The number of anilines is 1. The summed E-state index contributed by atoms with van der Waals surface area (Å²) in [5.74, 6) is -0.280. The zero-order valence-corrected chi connectivity index (χ0v) is 13.2. The predicted molar refractivity (Wildman–Crippen MR) is 85.4 cm³/mol. The molecule has 2 heterocycles. The van der Waals surface area contributed by atoms with Crippen LogP contribution in [0.2, 0.25) is 0 Å². The number of hydrogen-bond donors (Lipinski definition) is 0. The van der Waals surface area contributed by atoms with Crippen LogP contribution >= 0.6 is 0 Å². The van der Waals surface area contributed by atoms with Crippen molar-refractivity contribution in [3.05, 3.63) is 29.8 Å². The highest BCUT2D eigenvalue weighted by atomic mass is 16.5. The van der Waals surface area contributed by atoms with Gasteiger partial charge in [0.05, 0.1) is 25.9 Å². The summed E-state index contributed by atoms with van der Waals surface area (Å²) in [6.07, 6.45) is 2.39. The van der Waals surface area contributed by atoms with Crippen molar-refractivity contribution in [2.75, 3.05) is 51.4 Å². The molecule has 2 fully saturated rings. The average molecular weight is 304 g/mol. The Labute approximate surface area is 131 Å². The highest BCUT2D eigenvalue weighted by Crippen LogP contribution is 2.23. The van der Waals surface area contributed by atoms with Gasteiger partial charge in [0.25, 0.3) is 0 Å². The second-order valence-corrected chi connectivity index (χ2v) is 5.91. The molecule has 0 bridgehead atoms. The molecule has 5 heteroatoms. The lowest BCUT2D eigenvalue weighted by Crippen LogP contribution is -2.49. The lowest BCUT2D eigenvalue weighted by Gasteiger charge is -2.40. The molecule has 0 amide bonds. The standard InChI is InChI=1S/C17H24N2O3/c1-21-17(20)14-2-4-15(5-3-14)18-8-6-16(7-9-18)19-10-12-22-13-11-19/h2-5,16H,6-13H2,1H3. The summed E-state index contributed by atoms with van der Waals surface area (Å²) < 4.78 is 10.2. The molecule has 22 heavy (non-hydrogen) atoms. The lowest BCUT2D eigenvalue weighted by molar-refractivity contribution is 0.0115. The zero-order valence-electron chi connectivity index (χ0n) is 13.2. The number of carbonyl (C=O) groups is 1. The third kappa shape index (κ3) is 3.42. The molecular formula is C17H24N2O3. The molecule has 2 aliphatic rings. The van der Waals surface area contributed by atoms with Crippen LogP contribution in [0.1, 0.15) is 23.2 Å². The van der Waals surface area contributed by atoms with Crippen molar-refractivity contribution in [3.63, 3.8) is 0 Å². The summed E-state index contributed by atoms with van der Waals surface area (Å²) in [7, 11) is 1.41. The number of benzene rings is 1. The maximum Gasteiger partial charge on any atom is 0.337 e. The number of ether oxygens (including phenoxy) is 2. The van der Waals surface area contributed by atoms with E-state index in [1.54, 1.807) is 0 Å². The Bertz CT molecular complexity index is 489. The number of carbonyl (C=O) groups excluding carboxylic acids is 1. The number of piperidine rings is 1. The molecule has 0 unspecified atom stereocenters. The number of methoxy groups -OCH3 is 1. The molecule has 0 spiro atoms. The summed E-state index contributed by atoms with van der Waals surface area (Å²) in [4.78, 5) is 16.4. The second-order valence-electron chi connectivity index (χ2n) is 5.91. The van der Waals surface area contributed by atoms with Crippen molar-refractivity contribution in [1.82, 2.24) is 4.90 Å². The van der Waals surface area contributed by atoms with Crippen LogP contribution in [-0.4, -0.2) is 63.4 Å². The molecule has 1 aromatic rings. The highest BCUT2D eigenvalue weighted by molar-refractivity contribution is 5.89. The number of nitrogens with zero attached hydrogens (tertiary/aromatic N) is 2. The van der Waals surface area contributed by atoms with Crippen molar-refractivity contribution in [2.45, 2.75) is 18.9 Å². The van der Waals surface area contributed by atoms with Crippen LogP contribution in [0.4, 0.5) is 5.69 Å². The molecule has 2 saturated heterocycles. The molecule has 0 saturated carbocycles. The summed E-state index contributed by atoms with van der Waals surface area (Å²) in [5, 5.41) is 0. The van der Waals surface area contributed by atoms with Crippen molar-refractivity contribution in [1.29, 1.82) is 0 Å². The van der Waals surface area contributed by atoms with E-state index in [0.717, 1.165) is 39.4 Å². The lowest BCUT2D eigenvalue weighted by atomic mass is 10.0. The Morgan fingerprint density at radius 2 is 1.73 bits per heavy atom. The Morgan fingerprint density at radius 1 is 1.09 bits per heavy atom. The topological polar surface area (TPSA) is 42.0 Å². The van der Waals surface area contributed by atoms with E-state index in [9.17, 15) is 4.79 Å². The first kappa shape index (κ1) is 15.3. The van der Waals surface area contributed by atoms with E-state index >= 15 is 0 Å². The Morgan fingerprint density at radius 3 is 2.32 bits per heavy atom. The van der Waals surface area contributed by atoms with E-state index in [1.807, 2.05) is 24.3 Å². The van der Waals surface area contributed by atoms with Crippen LogP contribution in [0, 0.1) is 0 Å². The van der Waals surface area contributed by atoms with Crippen molar-refractivity contribution < 1.29 is 14.3 Å². The number of hydrogen-bond acceptors (Lipinski definition) is 5. The largest absolute Gasteiger partial charge is 0.465 e. The fraction of sp³-hybridized carbons (Fsp3) is 0.588. The summed E-state index contributed by atoms with van der Waals surface area (Å²) >= 11 is 0. The van der Waals surface area contributed by atoms with E-state index in [0.29, 0.717) is 11.6 Å². The maximum absolute atomic E-state index is 11.5. The normalized spacial score (nSPS) is 20.9. The molecule has 0 radical (unpaired) electrons. The van der Waals surface area contributed by atoms with Gasteiger partial charge in [0.2, 0.25) is 0 Å². The fourth-order valence-electron chi connectivity index (χ4n) is 3.36. The van der Waals surface area contributed by atoms with Gasteiger partial charge in [-0.15, -0.1) is 0 Å². The molecule has 0 N–H and O–H groups in total. The van der Waals surface area contributed by atoms with Crippen LogP contribution in [0.5, 0.6) is 0 Å². The monoisotopic (exact) mass is 304 g/mol. The third-order valence-electron chi connectivity index (χ3n) is 4.68. The number of morpholine rings is 1. The van der Waals surface area contributed by atoms with Gasteiger partial charge in [-0.2, -0.15) is 0 Å². The molecule has 3 rings (SSSR count). The summed E-state index contributed by atoms with van der Waals surface area (Å²) in [5.41, 5.74) is 1.79. The smallest absolute Gasteiger partial charge is 0.337 e. The fourth-order valence-corrected chi connectivity index (χ4v) is 3.36. The second kappa shape index (κ2) is 7.11. The van der Waals surface area contributed by atoms with Gasteiger partial charge in [-0.3, -0.25) is 4.90 Å². The molecule has 120 valence electrons. The third-order valence-corrected chi connectivity index (χ3v) is 4.68. The van der Waals surface area contributed by atoms with Crippen molar-refractivity contribution >= 4 is 11.7 Å². The molecule has 1 aromatic carbocycles. The minimum absolute atomic E-state index is 0.280. The first-order valence-corrected chi connectivity index (χ1v) is 8.03. The van der Waals surface area contributed by atoms with Crippen LogP contribution in [0.3, 0.4) is 0 Å². The van der Waals surface area contributed by atoms with Crippen LogP contribution in [0.15, 0.2) is 24.3 Å². The quantitative estimate of drug-likeness (QED) is 0.796. The molecule has 0 aliphatic carbocycles. The molecular weight excluding hydrogens is 280 g/mol. The SMILES string of the molecule is COC(=O)c1ccc(N2CCC(N3CCOCC3)CC2)cc1. The zero-order chi connectivity index (χ0) is 15.4. The van der Waals surface area contributed by atoms with Gasteiger partial charge in [-0.1, -0.05) is 0 Å². The highest BCUT2D eigenvalue weighted by Gasteiger charge is 2.25. The van der Waals surface area contributed by atoms with E-state index in [2.05, 4.69) is 9.80 Å². The predicted octanol–water partition coefficient (Wildman–Crippen LogP) is 1.77. The maximum atomic E-state index is 11.5. The van der Waals surface area contributed by atoms with E-state index in [1.165, 1.54) is 25.6 Å². The minimum atomic E-state index is -0.280. The first-order valence-electron chi connectivity index (χ1n) is 8.03. The van der Waals surface area contributed by atoms with Gasteiger partial charge >= 0.3 is 5.97 Å². The Hall–Kier alpha value is -1.59. The Kier molecular flexibility index (Phi) is 4.95. The summed E-state index contributed by atoms with van der Waals surface area (Å²) in [6.45, 7) is 6.01. The van der Waals surface area contributed by atoms with Gasteiger partial charge < -0.3 is 14.4 Å². The van der Waals surface area contributed by atoms with Crippen LogP contribution < -0.4 is 4.90 Å². The van der Waals surface area contributed by atoms with Crippen LogP contribution in [-0.2, 0) is 9.47 Å². The average Bonchev–Trinajstić information content (AvgIpc) is 2.62. The van der Waals surface area contributed by atoms with E-state index < -0.39 is 0 Å². The van der Waals surface area contributed by atoms with Gasteiger partial charge in [0.15, 0.2) is 0 Å².